The van der Waals surface area contributed by atoms with E-state index in [0.29, 0.717) is 68.7 Å². The number of aryl methyl sites for hydroxylation is 1. The summed E-state index contributed by atoms with van der Waals surface area (Å²) in [6.45, 7) is 3.11. The first-order valence-corrected chi connectivity index (χ1v) is 16.8. The fourth-order valence-electron chi connectivity index (χ4n) is 6.65. The molecule has 266 valence electrons. The molecule has 48 heavy (non-hydrogen) atoms. The van der Waals surface area contributed by atoms with Gasteiger partial charge in [-0.2, -0.15) is 0 Å². The molecule has 0 aliphatic carbocycles. The van der Waals surface area contributed by atoms with Crippen molar-refractivity contribution in [2.24, 2.45) is 11.7 Å². The summed E-state index contributed by atoms with van der Waals surface area (Å²) in [7, 11) is 2.96. The molecule has 2 aliphatic heterocycles. The van der Waals surface area contributed by atoms with Crippen LogP contribution in [0.5, 0.6) is 28.7 Å². The fraction of sp³-hybridized carbons (Fsp3) is 0.556. The second-order valence-electron chi connectivity index (χ2n) is 12.4. The van der Waals surface area contributed by atoms with E-state index in [1.54, 1.807) is 24.3 Å². The van der Waals surface area contributed by atoms with Gasteiger partial charge in [0.25, 0.3) is 0 Å². The zero-order valence-electron chi connectivity index (χ0n) is 28.2. The number of nitrogens with two attached hydrogens (primary N) is 1. The minimum absolute atomic E-state index is 0.0660. The second-order valence-corrected chi connectivity index (χ2v) is 12.4. The maximum atomic E-state index is 11.3. The summed E-state index contributed by atoms with van der Waals surface area (Å²) in [6.07, 6.45) is 5.55. The Bertz CT molecular complexity index is 1380. The van der Waals surface area contributed by atoms with E-state index in [2.05, 4.69) is 16.7 Å². The number of benzene rings is 2. The number of hydrogen-bond donors (Lipinski definition) is 8. The number of aliphatic hydroxyl groups is 3. The van der Waals surface area contributed by atoms with Gasteiger partial charge in [0, 0.05) is 38.1 Å². The van der Waals surface area contributed by atoms with E-state index >= 15 is 0 Å². The van der Waals surface area contributed by atoms with Crippen molar-refractivity contribution in [3.8, 4) is 28.7 Å². The summed E-state index contributed by atoms with van der Waals surface area (Å²) in [4.78, 5) is 0. The van der Waals surface area contributed by atoms with Gasteiger partial charge in [-0.3, -0.25) is 0 Å². The van der Waals surface area contributed by atoms with Crippen LogP contribution in [-0.4, -0.2) is 90.4 Å². The van der Waals surface area contributed by atoms with Gasteiger partial charge in [0.15, 0.2) is 23.0 Å². The summed E-state index contributed by atoms with van der Waals surface area (Å²) in [5, 5.41) is 59.0. The number of likely N-dealkylation sites (N-methyl/N-ethyl adjacent to an activating group) is 1. The number of phenols is 2. The summed E-state index contributed by atoms with van der Waals surface area (Å²) >= 11 is 0. The Morgan fingerprint density at radius 1 is 1.00 bits per heavy atom. The van der Waals surface area contributed by atoms with Crippen LogP contribution in [0.25, 0.3) is 0 Å². The van der Waals surface area contributed by atoms with Crippen LogP contribution >= 0.6 is 0 Å². The van der Waals surface area contributed by atoms with Crippen molar-refractivity contribution in [2.45, 2.75) is 82.3 Å². The Morgan fingerprint density at radius 3 is 2.46 bits per heavy atom. The zero-order chi connectivity index (χ0) is 34.6. The SMILES string of the molecule is CCN[C@H](CCC1=CCNC(N)=C1)[C@H](CCO)Oc1cc([C@H]2O[C@@H](CCc3ccc(O)c(OC)c3)C[C@H](O)[C@H]2CCO)cc(OC)c1O. The van der Waals surface area contributed by atoms with Gasteiger partial charge in [0.1, 0.15) is 6.10 Å². The molecule has 0 saturated carbocycles. The molecule has 0 aromatic heterocycles. The van der Waals surface area contributed by atoms with Crippen molar-refractivity contribution < 1.29 is 44.5 Å². The van der Waals surface area contributed by atoms with E-state index in [9.17, 15) is 25.5 Å². The van der Waals surface area contributed by atoms with Crippen molar-refractivity contribution in [2.75, 3.05) is 40.5 Å². The standard InChI is InChI=1S/C36H53N3O9/c1-4-38-27(9-6-23-11-14-39-34(37)18-23)30(13-16-41)48-33-20-24(19-32(46-3)35(33)44)36-26(12-15-40)29(43)21-25(47-36)8-5-22-7-10-28(42)31(17-22)45-2/h7,10-11,17-20,25-27,29-30,36,38-44H,4-6,8-9,12-16,21,37H2,1-3H3/t25-,26+,27+,29-,30-,36+/m0/s1. The molecule has 1 fully saturated rings. The molecule has 0 amide bonds. The first-order valence-electron chi connectivity index (χ1n) is 16.8. The molecule has 6 atom stereocenters. The number of nitrogens with one attached hydrogen (secondary N) is 2. The Balaban J connectivity index is 1.59. The number of methoxy groups -OCH3 is 2. The van der Waals surface area contributed by atoms with E-state index in [1.807, 2.05) is 19.1 Å². The number of aliphatic hydroxyl groups excluding tert-OH is 3. The van der Waals surface area contributed by atoms with Crippen LogP contribution in [0.2, 0.25) is 0 Å². The van der Waals surface area contributed by atoms with Crippen molar-refractivity contribution >= 4 is 0 Å². The molecule has 0 spiro atoms. The predicted molar refractivity (Wildman–Crippen MR) is 182 cm³/mol. The summed E-state index contributed by atoms with van der Waals surface area (Å²) in [5.41, 5.74) is 8.68. The lowest BCUT2D eigenvalue weighted by Gasteiger charge is -2.40. The Kier molecular flexibility index (Phi) is 14.1. The van der Waals surface area contributed by atoms with Crippen LogP contribution in [0.15, 0.2) is 53.9 Å². The molecule has 0 unspecified atom stereocenters. The third kappa shape index (κ3) is 9.70. The molecule has 2 aliphatic rings. The number of aromatic hydroxyl groups is 2. The first kappa shape index (κ1) is 37.1. The van der Waals surface area contributed by atoms with Gasteiger partial charge in [0.2, 0.25) is 5.75 Å². The van der Waals surface area contributed by atoms with E-state index in [0.717, 1.165) is 17.6 Å². The van der Waals surface area contributed by atoms with E-state index in [4.69, 9.17) is 24.7 Å². The molecule has 12 heteroatoms. The molecular weight excluding hydrogens is 618 g/mol. The summed E-state index contributed by atoms with van der Waals surface area (Å²) in [6, 6.07) is 8.45. The van der Waals surface area contributed by atoms with Crippen molar-refractivity contribution in [3.05, 3.63) is 65.0 Å². The number of phenolic OH excluding ortho intramolecular Hbond substituents is 2. The van der Waals surface area contributed by atoms with E-state index in [-0.39, 0.29) is 48.4 Å². The normalized spacial score (nSPS) is 22.2. The third-order valence-electron chi connectivity index (χ3n) is 9.16. The molecule has 0 bridgehead atoms. The number of allylic oxidation sites excluding steroid dienone is 2. The molecule has 2 heterocycles. The van der Waals surface area contributed by atoms with Gasteiger partial charge in [-0.1, -0.05) is 19.1 Å². The van der Waals surface area contributed by atoms with E-state index in [1.165, 1.54) is 14.2 Å². The number of rotatable bonds is 18. The van der Waals surface area contributed by atoms with Crippen LogP contribution in [0.1, 0.15) is 62.7 Å². The van der Waals surface area contributed by atoms with Gasteiger partial charge in [-0.05, 0) is 92.1 Å². The van der Waals surface area contributed by atoms with Gasteiger partial charge in [-0.15, -0.1) is 0 Å². The molecule has 0 radical (unpaired) electrons. The zero-order valence-corrected chi connectivity index (χ0v) is 28.2. The van der Waals surface area contributed by atoms with Gasteiger partial charge >= 0.3 is 0 Å². The van der Waals surface area contributed by atoms with Gasteiger partial charge < -0.3 is 60.8 Å². The van der Waals surface area contributed by atoms with Gasteiger partial charge in [0.05, 0.1) is 38.4 Å². The first-order chi connectivity index (χ1) is 23.2. The lowest BCUT2D eigenvalue weighted by atomic mass is 9.82. The van der Waals surface area contributed by atoms with E-state index < -0.39 is 24.2 Å². The van der Waals surface area contributed by atoms with Crippen molar-refractivity contribution in [1.29, 1.82) is 0 Å². The highest BCUT2D eigenvalue weighted by Gasteiger charge is 2.39. The lowest BCUT2D eigenvalue weighted by molar-refractivity contribution is -0.144. The summed E-state index contributed by atoms with van der Waals surface area (Å²) < 4.78 is 23.9. The molecule has 1 saturated heterocycles. The highest BCUT2D eigenvalue weighted by atomic mass is 16.5. The molecule has 4 rings (SSSR count). The summed E-state index contributed by atoms with van der Waals surface area (Å²) in [5.74, 6) is 0.855. The van der Waals surface area contributed by atoms with Crippen LogP contribution in [0, 0.1) is 5.92 Å². The molecule has 2 aromatic carbocycles. The van der Waals surface area contributed by atoms with Crippen LogP contribution in [-0.2, 0) is 11.2 Å². The maximum Gasteiger partial charge on any atom is 0.200 e. The highest BCUT2D eigenvalue weighted by molar-refractivity contribution is 5.53. The average molecular weight is 672 g/mol. The number of ether oxygens (including phenoxy) is 4. The van der Waals surface area contributed by atoms with Crippen molar-refractivity contribution in [1.82, 2.24) is 10.6 Å². The molecule has 12 nitrogen and oxygen atoms in total. The fourth-order valence-corrected chi connectivity index (χ4v) is 6.65. The number of hydrogen-bond acceptors (Lipinski definition) is 12. The third-order valence-corrected chi connectivity index (χ3v) is 9.16. The van der Waals surface area contributed by atoms with Crippen LogP contribution < -0.4 is 30.6 Å². The van der Waals surface area contributed by atoms with Crippen LogP contribution in [0.3, 0.4) is 0 Å². The van der Waals surface area contributed by atoms with Crippen LogP contribution in [0.4, 0.5) is 0 Å². The minimum atomic E-state index is -0.743. The lowest BCUT2D eigenvalue weighted by Crippen LogP contribution is -2.44. The quantitative estimate of drug-likeness (QED) is 0.116. The molecular formula is C36H53N3O9. The Hall–Kier alpha value is -3.68. The van der Waals surface area contributed by atoms with Gasteiger partial charge in [-0.25, -0.2) is 0 Å². The topological polar surface area (TPSA) is 188 Å². The highest BCUT2D eigenvalue weighted by Crippen LogP contribution is 2.46. The Morgan fingerprint density at radius 2 is 1.77 bits per heavy atom. The Labute approximate surface area is 283 Å². The average Bonchev–Trinajstić information content (AvgIpc) is 3.08. The monoisotopic (exact) mass is 671 g/mol. The minimum Gasteiger partial charge on any atom is -0.504 e. The predicted octanol–water partition coefficient (Wildman–Crippen LogP) is 3.16. The maximum absolute atomic E-state index is 11.3. The van der Waals surface area contributed by atoms with Crippen molar-refractivity contribution in [3.63, 3.8) is 0 Å². The second kappa shape index (κ2) is 18.2. The molecule has 2 aromatic rings. The largest absolute Gasteiger partial charge is 0.504 e. The number of dihydropyridines is 1. The molecule has 9 N–H and O–H groups in total. The smallest absolute Gasteiger partial charge is 0.200 e.